The van der Waals surface area contributed by atoms with Gasteiger partial charge in [0.05, 0.1) is 25.2 Å². The molecule has 2 aliphatic heterocycles. The number of thioether (sulfide) groups is 1. The van der Waals surface area contributed by atoms with Gasteiger partial charge in [-0.15, -0.1) is 0 Å². The number of hydrogen-bond donors (Lipinski definition) is 1. The maximum absolute atomic E-state index is 12.2. The Bertz CT molecular complexity index is 396. The average molecular weight is 328 g/mol. The second-order valence-corrected chi connectivity index (χ2v) is 7.50. The van der Waals surface area contributed by atoms with E-state index in [0.29, 0.717) is 12.4 Å². The van der Waals surface area contributed by atoms with Crippen molar-refractivity contribution >= 4 is 17.7 Å². The van der Waals surface area contributed by atoms with Crippen molar-refractivity contribution in [2.45, 2.75) is 51.7 Å². The van der Waals surface area contributed by atoms with Gasteiger partial charge in [0.2, 0.25) is 0 Å². The number of carbonyl (C=O) groups is 1. The third-order valence-corrected chi connectivity index (χ3v) is 5.65. The van der Waals surface area contributed by atoms with Gasteiger partial charge in [0.25, 0.3) is 0 Å². The van der Waals surface area contributed by atoms with Crippen LogP contribution in [-0.4, -0.2) is 48.0 Å². The summed E-state index contributed by atoms with van der Waals surface area (Å²) in [6.07, 6.45) is 6.45. The van der Waals surface area contributed by atoms with Gasteiger partial charge in [0.15, 0.2) is 0 Å². The lowest BCUT2D eigenvalue weighted by Gasteiger charge is -2.22. The molecule has 2 rings (SSSR count). The molecular formula is C17H28O4S. The maximum atomic E-state index is 12.2. The van der Waals surface area contributed by atoms with E-state index in [4.69, 9.17) is 14.6 Å². The van der Waals surface area contributed by atoms with E-state index in [9.17, 15) is 4.79 Å². The van der Waals surface area contributed by atoms with Crippen molar-refractivity contribution in [2.24, 2.45) is 11.8 Å². The molecule has 5 heteroatoms. The molecule has 2 heterocycles. The molecule has 1 saturated heterocycles. The first kappa shape index (κ1) is 17.8. The van der Waals surface area contributed by atoms with Gasteiger partial charge in [-0.25, -0.2) is 0 Å². The summed E-state index contributed by atoms with van der Waals surface area (Å²) < 4.78 is 11.5. The molecule has 0 radical (unpaired) electrons. The highest BCUT2D eigenvalue weighted by molar-refractivity contribution is 7.99. The first-order valence-electron chi connectivity index (χ1n) is 8.28. The number of ether oxygens (including phenoxy) is 2. The minimum atomic E-state index is -0.111. The third kappa shape index (κ3) is 5.00. The molecule has 0 spiro atoms. The van der Waals surface area contributed by atoms with E-state index in [1.807, 2.05) is 0 Å². The van der Waals surface area contributed by atoms with Crippen molar-refractivity contribution in [1.29, 1.82) is 0 Å². The molecule has 0 aliphatic carbocycles. The van der Waals surface area contributed by atoms with Crippen molar-refractivity contribution < 1.29 is 19.4 Å². The lowest BCUT2D eigenvalue weighted by atomic mass is 9.86. The SMILES string of the molecule is CC1=CCCC(C)OCC2OC(=O)C(CSCCO)C2CC1. The Balaban J connectivity index is 2.04. The van der Waals surface area contributed by atoms with Gasteiger partial charge in [0, 0.05) is 17.4 Å². The van der Waals surface area contributed by atoms with Crippen LogP contribution in [0.5, 0.6) is 0 Å². The number of rotatable bonds is 4. The van der Waals surface area contributed by atoms with E-state index >= 15 is 0 Å². The normalized spacial score (nSPS) is 33.6. The zero-order chi connectivity index (χ0) is 15.9. The second-order valence-electron chi connectivity index (χ2n) is 6.35. The van der Waals surface area contributed by atoms with Gasteiger partial charge >= 0.3 is 5.97 Å². The molecule has 0 saturated carbocycles. The first-order chi connectivity index (χ1) is 10.6. The van der Waals surface area contributed by atoms with Crippen molar-refractivity contribution in [3.8, 4) is 0 Å². The molecule has 2 aliphatic rings. The number of aliphatic hydroxyl groups is 1. The minimum Gasteiger partial charge on any atom is -0.459 e. The number of carbonyl (C=O) groups excluding carboxylic acids is 1. The van der Waals surface area contributed by atoms with Crippen molar-refractivity contribution in [2.75, 3.05) is 24.7 Å². The van der Waals surface area contributed by atoms with E-state index in [1.54, 1.807) is 11.8 Å². The molecule has 0 aromatic heterocycles. The van der Waals surface area contributed by atoms with Crippen LogP contribution in [0.3, 0.4) is 0 Å². The van der Waals surface area contributed by atoms with Crippen LogP contribution in [0.4, 0.5) is 0 Å². The largest absolute Gasteiger partial charge is 0.459 e. The lowest BCUT2D eigenvalue weighted by Crippen LogP contribution is -2.28. The molecule has 0 aromatic carbocycles. The maximum Gasteiger partial charge on any atom is 0.310 e. The van der Waals surface area contributed by atoms with E-state index in [1.165, 1.54) is 5.57 Å². The topological polar surface area (TPSA) is 55.8 Å². The molecule has 0 aromatic rings. The Morgan fingerprint density at radius 1 is 1.41 bits per heavy atom. The minimum absolute atomic E-state index is 0.0611. The van der Waals surface area contributed by atoms with Crippen LogP contribution in [0.1, 0.15) is 39.5 Å². The summed E-state index contributed by atoms with van der Waals surface area (Å²) in [5.74, 6) is 1.49. The molecule has 4 atom stereocenters. The monoisotopic (exact) mass is 328 g/mol. The Hall–Kier alpha value is -0.520. The highest BCUT2D eigenvalue weighted by atomic mass is 32.2. The Labute approximate surface area is 137 Å². The van der Waals surface area contributed by atoms with Gasteiger partial charge in [-0.05, 0) is 39.5 Å². The first-order valence-corrected chi connectivity index (χ1v) is 9.43. The van der Waals surface area contributed by atoms with Gasteiger partial charge in [-0.1, -0.05) is 11.6 Å². The van der Waals surface area contributed by atoms with Crippen LogP contribution in [0.2, 0.25) is 0 Å². The average Bonchev–Trinajstić information content (AvgIpc) is 2.77. The van der Waals surface area contributed by atoms with E-state index < -0.39 is 0 Å². The van der Waals surface area contributed by atoms with Gasteiger partial charge < -0.3 is 14.6 Å². The summed E-state index contributed by atoms with van der Waals surface area (Å²) in [5.41, 5.74) is 1.40. The highest BCUT2D eigenvalue weighted by Crippen LogP contribution is 2.36. The zero-order valence-corrected chi connectivity index (χ0v) is 14.4. The number of esters is 1. The molecule has 4 nitrogen and oxygen atoms in total. The third-order valence-electron chi connectivity index (χ3n) is 4.58. The lowest BCUT2D eigenvalue weighted by molar-refractivity contribution is -0.146. The summed E-state index contributed by atoms with van der Waals surface area (Å²) in [7, 11) is 0. The summed E-state index contributed by atoms with van der Waals surface area (Å²) in [4.78, 5) is 12.2. The molecule has 22 heavy (non-hydrogen) atoms. The fourth-order valence-corrected chi connectivity index (χ4v) is 4.11. The summed E-state index contributed by atoms with van der Waals surface area (Å²) in [6.45, 7) is 4.92. The van der Waals surface area contributed by atoms with Gasteiger partial charge in [-0.2, -0.15) is 11.8 Å². The molecule has 0 amide bonds. The summed E-state index contributed by atoms with van der Waals surface area (Å²) >= 11 is 1.63. The van der Waals surface area contributed by atoms with E-state index in [0.717, 1.165) is 31.4 Å². The number of hydrogen-bond acceptors (Lipinski definition) is 5. The van der Waals surface area contributed by atoms with E-state index in [2.05, 4.69) is 19.9 Å². The number of fused-ring (bicyclic) bond motifs is 1. The number of aliphatic hydroxyl groups excluding tert-OH is 1. The fourth-order valence-electron chi connectivity index (χ4n) is 3.17. The summed E-state index contributed by atoms with van der Waals surface area (Å²) in [6, 6.07) is 0. The fraction of sp³-hybridized carbons (Fsp3) is 0.824. The summed E-state index contributed by atoms with van der Waals surface area (Å²) in [5, 5.41) is 8.92. The highest BCUT2D eigenvalue weighted by Gasteiger charge is 2.44. The van der Waals surface area contributed by atoms with Crippen molar-refractivity contribution in [3.05, 3.63) is 11.6 Å². The Kier molecular flexibility index (Phi) is 7.25. The van der Waals surface area contributed by atoms with Crippen LogP contribution in [0.15, 0.2) is 11.6 Å². The zero-order valence-electron chi connectivity index (χ0n) is 13.6. The Morgan fingerprint density at radius 3 is 3.00 bits per heavy atom. The van der Waals surface area contributed by atoms with Crippen molar-refractivity contribution in [1.82, 2.24) is 0 Å². The smallest absolute Gasteiger partial charge is 0.310 e. The Morgan fingerprint density at radius 2 is 2.23 bits per heavy atom. The molecule has 4 unspecified atom stereocenters. The van der Waals surface area contributed by atoms with Crippen LogP contribution in [-0.2, 0) is 14.3 Å². The molecular weight excluding hydrogens is 300 g/mol. The molecule has 0 bridgehead atoms. The predicted octanol–water partition coefficient (Wildman–Crippen LogP) is 2.80. The molecule has 1 fully saturated rings. The van der Waals surface area contributed by atoms with Crippen LogP contribution in [0.25, 0.3) is 0 Å². The predicted molar refractivity (Wildman–Crippen MR) is 88.9 cm³/mol. The van der Waals surface area contributed by atoms with Gasteiger partial charge in [-0.3, -0.25) is 4.79 Å². The van der Waals surface area contributed by atoms with Crippen molar-refractivity contribution in [3.63, 3.8) is 0 Å². The molecule has 126 valence electrons. The second kappa shape index (κ2) is 8.94. The van der Waals surface area contributed by atoms with Gasteiger partial charge in [0.1, 0.15) is 6.10 Å². The van der Waals surface area contributed by atoms with Crippen LogP contribution in [0, 0.1) is 11.8 Å². The quantitative estimate of drug-likeness (QED) is 0.488. The van der Waals surface area contributed by atoms with Crippen LogP contribution < -0.4 is 0 Å². The molecule has 1 N–H and O–H groups in total. The van der Waals surface area contributed by atoms with E-state index in [-0.39, 0.29) is 36.6 Å². The van der Waals surface area contributed by atoms with Crippen LogP contribution >= 0.6 is 11.8 Å². The standard InChI is InChI=1S/C17H28O4S/c1-12-4-3-5-13(2)20-10-16-14(7-6-12)15(17(19)21-16)11-22-9-8-18/h4,13-16,18H,3,5-11H2,1-2H3. The number of allylic oxidation sites excluding steroid dienone is 2.